The van der Waals surface area contributed by atoms with E-state index in [-0.39, 0.29) is 12.5 Å². The molecular formula is C15H19N3O. The van der Waals surface area contributed by atoms with E-state index in [1.54, 1.807) is 4.68 Å². The summed E-state index contributed by atoms with van der Waals surface area (Å²) in [7, 11) is 0. The minimum absolute atomic E-state index is 0.0591. The molecule has 0 radical (unpaired) electrons. The molecule has 4 heteroatoms. The Morgan fingerprint density at radius 2 is 1.74 bits per heavy atom. The van der Waals surface area contributed by atoms with E-state index in [0.29, 0.717) is 0 Å². The number of anilines is 1. The Morgan fingerprint density at radius 3 is 2.26 bits per heavy atom. The van der Waals surface area contributed by atoms with Crippen LogP contribution in [0.4, 0.5) is 5.69 Å². The highest BCUT2D eigenvalue weighted by atomic mass is 16.2. The van der Waals surface area contributed by atoms with Crippen LogP contribution in [0.3, 0.4) is 0 Å². The maximum Gasteiger partial charge on any atom is 0.246 e. The summed E-state index contributed by atoms with van der Waals surface area (Å²) >= 11 is 0. The minimum Gasteiger partial charge on any atom is -0.324 e. The summed E-state index contributed by atoms with van der Waals surface area (Å²) in [5.41, 5.74) is 5.04. The van der Waals surface area contributed by atoms with Crippen molar-refractivity contribution in [3.05, 3.63) is 46.8 Å². The second kappa shape index (κ2) is 5.26. The van der Waals surface area contributed by atoms with E-state index >= 15 is 0 Å². The number of nitrogens with zero attached hydrogens (tertiary/aromatic N) is 2. The molecule has 0 aliphatic heterocycles. The van der Waals surface area contributed by atoms with Gasteiger partial charge in [0.2, 0.25) is 5.91 Å². The molecule has 0 fully saturated rings. The first kappa shape index (κ1) is 13.3. The molecule has 0 spiro atoms. The molecule has 0 saturated carbocycles. The molecule has 1 N–H and O–H groups in total. The van der Waals surface area contributed by atoms with Crippen LogP contribution in [0.5, 0.6) is 0 Å². The van der Waals surface area contributed by atoms with E-state index in [1.165, 1.54) is 0 Å². The van der Waals surface area contributed by atoms with Gasteiger partial charge in [-0.1, -0.05) is 6.07 Å². The van der Waals surface area contributed by atoms with Crippen molar-refractivity contribution in [3.63, 3.8) is 0 Å². The van der Waals surface area contributed by atoms with Crippen molar-refractivity contribution in [2.45, 2.75) is 34.2 Å². The molecule has 0 aliphatic rings. The van der Waals surface area contributed by atoms with Crippen LogP contribution in [0.25, 0.3) is 0 Å². The molecule has 4 nitrogen and oxygen atoms in total. The number of carbonyl (C=O) groups is 1. The van der Waals surface area contributed by atoms with Gasteiger partial charge in [0.1, 0.15) is 6.54 Å². The van der Waals surface area contributed by atoms with Crippen molar-refractivity contribution in [1.29, 1.82) is 0 Å². The third kappa shape index (κ3) is 3.44. The zero-order valence-electron chi connectivity index (χ0n) is 11.8. The zero-order chi connectivity index (χ0) is 14.0. The van der Waals surface area contributed by atoms with Gasteiger partial charge >= 0.3 is 0 Å². The number of hydrogen-bond donors (Lipinski definition) is 1. The van der Waals surface area contributed by atoms with Crippen molar-refractivity contribution in [3.8, 4) is 0 Å². The average Bonchev–Trinajstić information content (AvgIpc) is 2.55. The van der Waals surface area contributed by atoms with Gasteiger partial charge in [0.25, 0.3) is 0 Å². The summed E-state index contributed by atoms with van der Waals surface area (Å²) in [4.78, 5) is 12.0. The fraction of sp³-hybridized carbons (Fsp3) is 0.333. The van der Waals surface area contributed by atoms with Crippen molar-refractivity contribution in [1.82, 2.24) is 9.78 Å². The Balaban J connectivity index is 2.07. The van der Waals surface area contributed by atoms with Crippen molar-refractivity contribution in [2.24, 2.45) is 0 Å². The number of rotatable bonds is 3. The van der Waals surface area contributed by atoms with Crippen LogP contribution in [0, 0.1) is 27.7 Å². The molecule has 19 heavy (non-hydrogen) atoms. The highest BCUT2D eigenvalue weighted by molar-refractivity contribution is 5.90. The maximum absolute atomic E-state index is 12.0. The number of carbonyl (C=O) groups excluding carboxylic acids is 1. The lowest BCUT2D eigenvalue weighted by Crippen LogP contribution is -2.20. The number of nitrogens with one attached hydrogen (secondary N) is 1. The number of benzene rings is 1. The summed E-state index contributed by atoms with van der Waals surface area (Å²) in [5, 5.41) is 7.19. The summed E-state index contributed by atoms with van der Waals surface area (Å²) in [6, 6.07) is 7.97. The lowest BCUT2D eigenvalue weighted by Gasteiger charge is -2.08. The standard InChI is InChI=1S/C15H19N3O/c1-10-5-11(2)7-14(6-10)16-15(19)9-18-13(4)8-12(3)17-18/h5-8H,9H2,1-4H3,(H,16,19). The van der Waals surface area contributed by atoms with Gasteiger partial charge in [0.05, 0.1) is 5.69 Å². The number of amides is 1. The number of aromatic nitrogens is 2. The van der Waals surface area contributed by atoms with E-state index in [2.05, 4.69) is 16.5 Å². The molecule has 100 valence electrons. The molecule has 1 amide bonds. The van der Waals surface area contributed by atoms with Gasteiger partial charge < -0.3 is 5.32 Å². The van der Waals surface area contributed by atoms with Gasteiger partial charge in [-0.25, -0.2) is 0 Å². The lowest BCUT2D eigenvalue weighted by atomic mass is 10.1. The zero-order valence-corrected chi connectivity index (χ0v) is 11.8. The fourth-order valence-electron chi connectivity index (χ4n) is 2.22. The third-order valence-corrected chi connectivity index (χ3v) is 2.90. The Bertz CT molecular complexity index is 594. The highest BCUT2D eigenvalue weighted by Gasteiger charge is 2.07. The van der Waals surface area contributed by atoms with Gasteiger partial charge in [-0.15, -0.1) is 0 Å². The Morgan fingerprint density at radius 1 is 1.11 bits per heavy atom. The van der Waals surface area contributed by atoms with Gasteiger partial charge in [-0.3, -0.25) is 9.48 Å². The van der Waals surface area contributed by atoms with Gasteiger partial charge in [-0.2, -0.15) is 5.10 Å². The van der Waals surface area contributed by atoms with Crippen LogP contribution in [-0.2, 0) is 11.3 Å². The summed E-state index contributed by atoms with van der Waals surface area (Å²) in [5.74, 6) is -0.0591. The van der Waals surface area contributed by atoms with Crippen molar-refractivity contribution < 1.29 is 4.79 Å². The predicted molar refractivity (Wildman–Crippen MR) is 76.2 cm³/mol. The summed E-state index contributed by atoms with van der Waals surface area (Å²) < 4.78 is 1.72. The van der Waals surface area contributed by atoms with Crippen LogP contribution in [0.1, 0.15) is 22.5 Å². The molecule has 0 unspecified atom stereocenters. The minimum atomic E-state index is -0.0591. The van der Waals surface area contributed by atoms with Gasteiger partial charge in [0.15, 0.2) is 0 Å². The molecule has 1 aromatic heterocycles. The third-order valence-electron chi connectivity index (χ3n) is 2.90. The van der Waals surface area contributed by atoms with E-state index in [1.807, 2.05) is 45.9 Å². The number of hydrogen-bond acceptors (Lipinski definition) is 2. The van der Waals surface area contributed by atoms with E-state index in [4.69, 9.17) is 0 Å². The molecule has 0 aliphatic carbocycles. The summed E-state index contributed by atoms with van der Waals surface area (Å²) in [6.07, 6.45) is 0. The quantitative estimate of drug-likeness (QED) is 0.919. The monoisotopic (exact) mass is 257 g/mol. The molecule has 1 aromatic carbocycles. The first-order valence-corrected chi connectivity index (χ1v) is 6.33. The molecule has 1 heterocycles. The van der Waals surface area contributed by atoms with Crippen LogP contribution < -0.4 is 5.32 Å². The van der Waals surface area contributed by atoms with Crippen molar-refractivity contribution in [2.75, 3.05) is 5.32 Å². The van der Waals surface area contributed by atoms with Crippen molar-refractivity contribution >= 4 is 11.6 Å². The largest absolute Gasteiger partial charge is 0.324 e. The fourth-order valence-corrected chi connectivity index (χ4v) is 2.22. The maximum atomic E-state index is 12.0. The molecule has 0 bridgehead atoms. The second-order valence-electron chi connectivity index (χ2n) is 5.01. The molecular weight excluding hydrogens is 238 g/mol. The first-order chi connectivity index (χ1) is 8.94. The van der Waals surface area contributed by atoms with Crippen LogP contribution in [0.2, 0.25) is 0 Å². The van der Waals surface area contributed by atoms with E-state index in [9.17, 15) is 4.79 Å². The Hall–Kier alpha value is -2.10. The Labute approximate surface area is 113 Å². The first-order valence-electron chi connectivity index (χ1n) is 6.33. The topological polar surface area (TPSA) is 46.9 Å². The van der Waals surface area contributed by atoms with Gasteiger partial charge in [0, 0.05) is 11.4 Å². The van der Waals surface area contributed by atoms with E-state index < -0.39 is 0 Å². The average molecular weight is 257 g/mol. The molecule has 2 rings (SSSR count). The summed E-state index contributed by atoms with van der Waals surface area (Å²) in [6.45, 7) is 8.15. The molecule has 0 atom stereocenters. The van der Waals surface area contributed by atoms with Gasteiger partial charge in [-0.05, 0) is 57.0 Å². The molecule has 2 aromatic rings. The lowest BCUT2D eigenvalue weighted by molar-refractivity contribution is -0.116. The normalized spacial score (nSPS) is 10.5. The highest BCUT2D eigenvalue weighted by Crippen LogP contribution is 2.13. The smallest absolute Gasteiger partial charge is 0.246 e. The number of aryl methyl sites for hydroxylation is 4. The second-order valence-corrected chi connectivity index (χ2v) is 5.01. The SMILES string of the molecule is Cc1cc(C)cc(NC(=O)Cn2nc(C)cc2C)c1. The van der Waals surface area contributed by atoms with E-state index in [0.717, 1.165) is 28.2 Å². The van der Waals surface area contributed by atoms with Crippen LogP contribution in [0.15, 0.2) is 24.3 Å². The Kier molecular flexibility index (Phi) is 3.69. The molecule has 0 saturated heterocycles. The predicted octanol–water partition coefficient (Wildman–Crippen LogP) is 2.76. The van der Waals surface area contributed by atoms with Crippen LogP contribution in [-0.4, -0.2) is 15.7 Å². The van der Waals surface area contributed by atoms with Crippen LogP contribution >= 0.6 is 0 Å².